The van der Waals surface area contributed by atoms with Crippen LogP contribution in [0.1, 0.15) is 38.7 Å². The van der Waals surface area contributed by atoms with Crippen LogP contribution in [0.5, 0.6) is 0 Å². The molecule has 0 atom stereocenters. The molecule has 1 rings (SSSR count). The molecule has 0 aliphatic heterocycles. The van der Waals surface area contributed by atoms with Gasteiger partial charge in [-0.05, 0) is 20.3 Å². The number of anilines is 2. The Bertz CT molecular complexity index is 312. The van der Waals surface area contributed by atoms with Gasteiger partial charge in [0.05, 0.1) is 0 Å². The number of hydrogen-bond acceptors (Lipinski definition) is 4. The smallest absolute Gasteiger partial charge is 0.224 e. The average Bonchev–Trinajstić information content (AvgIpc) is 2.29. The van der Waals surface area contributed by atoms with Crippen molar-refractivity contribution in [1.82, 2.24) is 9.97 Å². The van der Waals surface area contributed by atoms with Crippen molar-refractivity contribution in [2.75, 3.05) is 23.7 Å². The maximum absolute atomic E-state index is 4.43. The summed E-state index contributed by atoms with van der Waals surface area (Å²) in [5.41, 5.74) is 1.10. The molecule has 2 N–H and O–H groups in total. The van der Waals surface area contributed by atoms with E-state index in [1.54, 1.807) is 0 Å². The number of rotatable bonds is 7. The largest absolute Gasteiger partial charge is 0.370 e. The molecule has 0 saturated carbocycles. The Morgan fingerprint density at radius 2 is 2.00 bits per heavy atom. The molecule has 4 heteroatoms. The zero-order valence-electron chi connectivity index (χ0n) is 10.5. The molecule has 16 heavy (non-hydrogen) atoms. The summed E-state index contributed by atoms with van der Waals surface area (Å²) in [5.74, 6) is 1.65. The lowest BCUT2D eigenvalue weighted by Crippen LogP contribution is -2.08. The summed E-state index contributed by atoms with van der Waals surface area (Å²) >= 11 is 0. The van der Waals surface area contributed by atoms with E-state index in [2.05, 4.69) is 27.5 Å². The first kappa shape index (κ1) is 12.7. The van der Waals surface area contributed by atoms with Crippen molar-refractivity contribution in [2.45, 2.75) is 40.0 Å². The molecule has 0 aliphatic rings. The van der Waals surface area contributed by atoms with Crippen LogP contribution < -0.4 is 10.6 Å². The molecule has 0 aliphatic carbocycles. The SMILES string of the molecule is CCCCCNc1nc(NCC)ncc1C. The summed E-state index contributed by atoms with van der Waals surface area (Å²) in [6.07, 6.45) is 5.55. The van der Waals surface area contributed by atoms with Gasteiger partial charge in [0.15, 0.2) is 0 Å². The van der Waals surface area contributed by atoms with Crippen molar-refractivity contribution < 1.29 is 0 Å². The van der Waals surface area contributed by atoms with Crippen LogP contribution in [0.15, 0.2) is 6.20 Å². The van der Waals surface area contributed by atoms with Crippen molar-refractivity contribution in [3.8, 4) is 0 Å². The normalized spacial score (nSPS) is 10.2. The van der Waals surface area contributed by atoms with Crippen molar-refractivity contribution >= 4 is 11.8 Å². The molecule has 0 bridgehead atoms. The molecule has 1 aromatic heterocycles. The number of aromatic nitrogens is 2. The van der Waals surface area contributed by atoms with E-state index < -0.39 is 0 Å². The zero-order chi connectivity index (χ0) is 11.8. The van der Waals surface area contributed by atoms with E-state index in [0.29, 0.717) is 5.95 Å². The molecule has 1 heterocycles. The monoisotopic (exact) mass is 222 g/mol. The Hall–Kier alpha value is -1.32. The predicted molar refractivity (Wildman–Crippen MR) is 68.9 cm³/mol. The van der Waals surface area contributed by atoms with Crippen LogP contribution in [-0.2, 0) is 0 Å². The van der Waals surface area contributed by atoms with Crippen LogP contribution in [-0.4, -0.2) is 23.1 Å². The predicted octanol–water partition coefficient (Wildman–Crippen LogP) is 2.82. The van der Waals surface area contributed by atoms with Gasteiger partial charge >= 0.3 is 0 Å². The van der Waals surface area contributed by atoms with Gasteiger partial charge in [-0.15, -0.1) is 0 Å². The van der Waals surface area contributed by atoms with Gasteiger partial charge in [-0.1, -0.05) is 19.8 Å². The molecular weight excluding hydrogens is 200 g/mol. The Morgan fingerprint density at radius 3 is 2.69 bits per heavy atom. The summed E-state index contributed by atoms with van der Waals surface area (Å²) in [7, 11) is 0. The highest BCUT2D eigenvalue weighted by molar-refractivity contribution is 5.46. The Kier molecular flexibility index (Phi) is 5.61. The van der Waals surface area contributed by atoms with Gasteiger partial charge < -0.3 is 10.6 Å². The van der Waals surface area contributed by atoms with Crippen LogP contribution in [0, 0.1) is 6.92 Å². The van der Waals surface area contributed by atoms with Crippen LogP contribution in [0.4, 0.5) is 11.8 Å². The molecule has 0 fully saturated rings. The quantitative estimate of drug-likeness (QED) is 0.696. The van der Waals surface area contributed by atoms with E-state index in [4.69, 9.17) is 0 Å². The van der Waals surface area contributed by atoms with E-state index in [-0.39, 0.29) is 0 Å². The molecule has 0 saturated heterocycles. The lowest BCUT2D eigenvalue weighted by Gasteiger charge is -2.09. The molecule has 90 valence electrons. The van der Waals surface area contributed by atoms with Crippen LogP contribution in [0.25, 0.3) is 0 Å². The number of nitrogens with one attached hydrogen (secondary N) is 2. The van der Waals surface area contributed by atoms with Gasteiger partial charge in [0.1, 0.15) is 5.82 Å². The summed E-state index contributed by atoms with van der Waals surface area (Å²) in [6.45, 7) is 8.10. The molecule has 1 aromatic rings. The maximum atomic E-state index is 4.43. The summed E-state index contributed by atoms with van der Waals surface area (Å²) in [6, 6.07) is 0. The van der Waals surface area contributed by atoms with Gasteiger partial charge in [-0.25, -0.2) is 4.98 Å². The first-order valence-corrected chi connectivity index (χ1v) is 6.09. The third-order valence-corrected chi connectivity index (χ3v) is 2.38. The van der Waals surface area contributed by atoms with E-state index in [1.165, 1.54) is 19.3 Å². The minimum Gasteiger partial charge on any atom is -0.370 e. The lowest BCUT2D eigenvalue weighted by atomic mass is 10.2. The number of nitrogens with zero attached hydrogens (tertiary/aromatic N) is 2. The maximum Gasteiger partial charge on any atom is 0.224 e. The van der Waals surface area contributed by atoms with Gasteiger partial charge in [0, 0.05) is 24.8 Å². The van der Waals surface area contributed by atoms with Gasteiger partial charge in [0.2, 0.25) is 5.95 Å². The highest BCUT2D eigenvalue weighted by Crippen LogP contribution is 2.12. The third kappa shape index (κ3) is 4.04. The fourth-order valence-corrected chi connectivity index (χ4v) is 1.45. The minimum absolute atomic E-state index is 0.700. The van der Waals surface area contributed by atoms with Crippen molar-refractivity contribution in [2.24, 2.45) is 0 Å². The molecule has 0 aromatic carbocycles. The molecule has 0 unspecified atom stereocenters. The molecule has 0 radical (unpaired) electrons. The molecule has 0 amide bonds. The summed E-state index contributed by atoms with van der Waals surface area (Å²) < 4.78 is 0. The number of hydrogen-bond donors (Lipinski definition) is 2. The second-order valence-electron chi connectivity index (χ2n) is 3.89. The van der Waals surface area contributed by atoms with Crippen molar-refractivity contribution in [1.29, 1.82) is 0 Å². The van der Waals surface area contributed by atoms with Gasteiger partial charge in [0.25, 0.3) is 0 Å². The Morgan fingerprint density at radius 1 is 1.19 bits per heavy atom. The van der Waals surface area contributed by atoms with E-state index >= 15 is 0 Å². The Balaban J connectivity index is 2.52. The highest BCUT2D eigenvalue weighted by Gasteiger charge is 2.01. The molecular formula is C12H22N4. The van der Waals surface area contributed by atoms with Crippen LogP contribution >= 0.6 is 0 Å². The molecule has 4 nitrogen and oxygen atoms in total. The van der Waals surface area contributed by atoms with E-state index in [9.17, 15) is 0 Å². The number of aryl methyl sites for hydroxylation is 1. The van der Waals surface area contributed by atoms with Crippen LogP contribution in [0.2, 0.25) is 0 Å². The highest BCUT2D eigenvalue weighted by atomic mass is 15.1. The third-order valence-electron chi connectivity index (χ3n) is 2.38. The average molecular weight is 222 g/mol. The van der Waals surface area contributed by atoms with Crippen LogP contribution in [0.3, 0.4) is 0 Å². The summed E-state index contributed by atoms with van der Waals surface area (Å²) in [4.78, 5) is 8.64. The van der Waals surface area contributed by atoms with E-state index in [1.807, 2.05) is 20.0 Å². The van der Waals surface area contributed by atoms with Gasteiger partial charge in [-0.3, -0.25) is 0 Å². The second kappa shape index (κ2) is 7.04. The minimum atomic E-state index is 0.700. The van der Waals surface area contributed by atoms with Crippen molar-refractivity contribution in [3.05, 3.63) is 11.8 Å². The first-order chi connectivity index (χ1) is 7.77. The molecule has 0 spiro atoms. The topological polar surface area (TPSA) is 49.8 Å². The van der Waals surface area contributed by atoms with Gasteiger partial charge in [-0.2, -0.15) is 4.98 Å². The first-order valence-electron chi connectivity index (χ1n) is 6.09. The number of unbranched alkanes of at least 4 members (excludes halogenated alkanes) is 2. The lowest BCUT2D eigenvalue weighted by molar-refractivity contribution is 0.741. The van der Waals surface area contributed by atoms with E-state index in [0.717, 1.165) is 24.5 Å². The second-order valence-corrected chi connectivity index (χ2v) is 3.89. The zero-order valence-corrected chi connectivity index (χ0v) is 10.5. The standard InChI is InChI=1S/C12H22N4/c1-4-6-7-8-14-11-10(3)9-15-12(16-11)13-5-2/h9H,4-8H2,1-3H3,(H2,13,14,15,16). The fourth-order valence-electron chi connectivity index (χ4n) is 1.45. The Labute approximate surface area is 97.9 Å². The fraction of sp³-hybridized carbons (Fsp3) is 0.667. The van der Waals surface area contributed by atoms with Crippen molar-refractivity contribution in [3.63, 3.8) is 0 Å². The summed E-state index contributed by atoms with van der Waals surface area (Å²) in [5, 5.41) is 6.47.